The zero-order valence-corrected chi connectivity index (χ0v) is 8.76. The van der Waals surface area contributed by atoms with Gasteiger partial charge in [0.1, 0.15) is 0 Å². The second-order valence-corrected chi connectivity index (χ2v) is 3.97. The summed E-state index contributed by atoms with van der Waals surface area (Å²) in [6, 6.07) is 0. The molecule has 0 radical (unpaired) electrons. The summed E-state index contributed by atoms with van der Waals surface area (Å²) in [5.74, 6) is -0.259. The molecule has 13 heavy (non-hydrogen) atoms. The maximum absolute atomic E-state index is 10.9. The molecule has 0 spiro atoms. The van der Waals surface area contributed by atoms with Gasteiger partial charge in [-0.05, 0) is 5.92 Å². The van der Waals surface area contributed by atoms with Gasteiger partial charge in [-0.15, -0.1) is 0 Å². The molecule has 0 aliphatic rings. The first-order valence-corrected chi connectivity index (χ1v) is 5.52. The molecule has 0 rings (SSSR count). The average Bonchev–Trinajstić information content (AvgIpc) is 2.10. The molecular weight excluding hydrogens is 192 g/mol. The number of hydrogen-bond acceptors (Lipinski definition) is 4. The van der Waals surface area contributed by atoms with E-state index in [1.165, 1.54) is 0 Å². The van der Waals surface area contributed by atoms with Gasteiger partial charge in [-0.2, -0.15) is 0 Å². The zero-order valence-electron chi connectivity index (χ0n) is 7.95. The van der Waals surface area contributed by atoms with Gasteiger partial charge in [0.15, 0.2) is 0 Å². The van der Waals surface area contributed by atoms with Crippen molar-refractivity contribution in [3.05, 3.63) is 0 Å². The lowest BCUT2D eigenvalue weighted by Crippen LogP contribution is -2.13. The third-order valence-electron chi connectivity index (χ3n) is 1.70. The normalized spacial score (nSPS) is 15.0. The van der Waals surface area contributed by atoms with Crippen molar-refractivity contribution < 1.29 is 18.3 Å². The molecule has 0 aliphatic carbocycles. The monoisotopic (exact) mass is 207 g/mol. The number of ether oxygens (including phenoxy) is 1. The molecule has 0 fully saturated rings. The van der Waals surface area contributed by atoms with Crippen molar-refractivity contribution in [2.45, 2.75) is 26.7 Å². The van der Waals surface area contributed by atoms with E-state index >= 15 is 0 Å². The first-order chi connectivity index (χ1) is 6.06. The van der Waals surface area contributed by atoms with Crippen LogP contribution in [0.15, 0.2) is 0 Å². The molecule has 0 aromatic carbocycles. The fourth-order valence-corrected chi connectivity index (χ4v) is 0.925. The maximum Gasteiger partial charge on any atom is 0.306 e. The van der Waals surface area contributed by atoms with E-state index in [-0.39, 0.29) is 12.2 Å². The van der Waals surface area contributed by atoms with Crippen LogP contribution in [0.4, 0.5) is 0 Å². The summed E-state index contributed by atoms with van der Waals surface area (Å²) in [5.41, 5.74) is 0. The molecule has 0 amide bonds. The molecule has 5 heteroatoms. The largest absolute Gasteiger partial charge is 0.772 e. The Hall–Kier alpha value is -0.420. The Morgan fingerprint density at radius 3 is 2.69 bits per heavy atom. The molecule has 2 atom stereocenters. The van der Waals surface area contributed by atoms with Crippen molar-refractivity contribution in [1.82, 2.24) is 0 Å². The van der Waals surface area contributed by atoms with Crippen LogP contribution in [0.1, 0.15) is 26.7 Å². The van der Waals surface area contributed by atoms with Crippen molar-refractivity contribution >= 4 is 17.0 Å². The summed E-state index contributed by atoms with van der Waals surface area (Å²) >= 11 is -2.15. The molecule has 0 aromatic rings. The second kappa shape index (κ2) is 7.03. The van der Waals surface area contributed by atoms with Crippen molar-refractivity contribution in [2.75, 3.05) is 12.4 Å². The highest BCUT2D eigenvalue weighted by atomic mass is 32.2. The minimum absolute atomic E-state index is 0.0491. The van der Waals surface area contributed by atoms with Gasteiger partial charge in [-0.25, -0.2) is 0 Å². The summed E-state index contributed by atoms with van der Waals surface area (Å²) in [5, 5.41) is 0. The quantitative estimate of drug-likeness (QED) is 0.478. The van der Waals surface area contributed by atoms with E-state index in [2.05, 4.69) is 0 Å². The number of hydrogen-bond donors (Lipinski definition) is 0. The molecule has 0 saturated carbocycles. The van der Waals surface area contributed by atoms with Crippen LogP contribution >= 0.6 is 0 Å². The first kappa shape index (κ1) is 12.6. The zero-order chi connectivity index (χ0) is 10.3. The maximum atomic E-state index is 10.9. The highest BCUT2D eigenvalue weighted by Gasteiger charge is 2.05. The standard InChI is InChI=1S/C8H16O4S/c1-3-7(2)6-12-8(9)4-5-13(10)11/h7H,3-6H2,1-2H3,(H,10,11)/p-1. The SMILES string of the molecule is CCC(C)COC(=O)CCS(=O)[O-]. The van der Waals surface area contributed by atoms with Gasteiger partial charge in [0.25, 0.3) is 0 Å². The van der Waals surface area contributed by atoms with Crippen LogP contribution in [0.3, 0.4) is 0 Å². The van der Waals surface area contributed by atoms with Crippen LogP contribution in [0.25, 0.3) is 0 Å². The van der Waals surface area contributed by atoms with Crippen LogP contribution < -0.4 is 0 Å². The number of carbonyl (C=O) groups is 1. The molecule has 78 valence electrons. The number of carbonyl (C=O) groups excluding carboxylic acids is 1. The van der Waals surface area contributed by atoms with Gasteiger partial charge in [0.2, 0.25) is 0 Å². The van der Waals surface area contributed by atoms with E-state index in [1.54, 1.807) is 0 Å². The Morgan fingerprint density at radius 1 is 1.62 bits per heavy atom. The molecule has 0 heterocycles. The Labute approximate surface area is 80.9 Å². The second-order valence-electron chi connectivity index (χ2n) is 2.95. The highest BCUT2D eigenvalue weighted by molar-refractivity contribution is 7.79. The smallest absolute Gasteiger partial charge is 0.306 e. The molecular formula is C8H15O4S-. The van der Waals surface area contributed by atoms with Gasteiger partial charge >= 0.3 is 5.97 Å². The number of rotatable bonds is 6. The Balaban J connectivity index is 3.46. The van der Waals surface area contributed by atoms with Gasteiger partial charge in [0, 0.05) is 5.75 Å². The lowest BCUT2D eigenvalue weighted by molar-refractivity contribution is -0.144. The Morgan fingerprint density at radius 2 is 2.23 bits per heavy atom. The van der Waals surface area contributed by atoms with E-state index in [1.807, 2.05) is 13.8 Å². The van der Waals surface area contributed by atoms with Crippen LogP contribution in [0.2, 0.25) is 0 Å². The Kier molecular flexibility index (Phi) is 6.80. The molecule has 0 aliphatic heterocycles. The molecule has 2 unspecified atom stereocenters. The summed E-state index contributed by atoms with van der Waals surface area (Å²) in [4.78, 5) is 10.9. The molecule has 0 N–H and O–H groups in total. The van der Waals surface area contributed by atoms with E-state index < -0.39 is 17.0 Å². The first-order valence-electron chi connectivity index (χ1n) is 4.27. The molecule has 0 bridgehead atoms. The van der Waals surface area contributed by atoms with Crippen LogP contribution in [-0.2, 0) is 20.6 Å². The van der Waals surface area contributed by atoms with Crippen molar-refractivity contribution in [3.8, 4) is 0 Å². The van der Waals surface area contributed by atoms with Gasteiger partial charge < -0.3 is 9.29 Å². The minimum atomic E-state index is -2.15. The fraction of sp³-hybridized carbons (Fsp3) is 0.875. The molecule has 4 nitrogen and oxygen atoms in total. The summed E-state index contributed by atoms with van der Waals surface area (Å²) in [7, 11) is 0. The summed E-state index contributed by atoms with van der Waals surface area (Å²) in [6.45, 7) is 4.35. The topological polar surface area (TPSA) is 66.4 Å². The van der Waals surface area contributed by atoms with E-state index in [9.17, 15) is 13.6 Å². The van der Waals surface area contributed by atoms with Gasteiger partial charge in [-0.1, -0.05) is 31.3 Å². The summed E-state index contributed by atoms with van der Waals surface area (Å²) in [6.07, 6.45) is 0.896. The van der Waals surface area contributed by atoms with Crippen LogP contribution in [-0.4, -0.2) is 27.1 Å². The minimum Gasteiger partial charge on any atom is -0.772 e. The van der Waals surface area contributed by atoms with E-state index in [4.69, 9.17) is 4.74 Å². The fourth-order valence-electron chi connectivity index (χ4n) is 0.592. The van der Waals surface area contributed by atoms with Crippen molar-refractivity contribution in [1.29, 1.82) is 0 Å². The van der Waals surface area contributed by atoms with Gasteiger partial charge in [-0.3, -0.25) is 9.00 Å². The third kappa shape index (κ3) is 7.93. The van der Waals surface area contributed by atoms with E-state index in [0.29, 0.717) is 12.5 Å². The number of esters is 1. The van der Waals surface area contributed by atoms with Crippen LogP contribution in [0, 0.1) is 5.92 Å². The lowest BCUT2D eigenvalue weighted by Gasteiger charge is -2.09. The van der Waals surface area contributed by atoms with Crippen LogP contribution in [0.5, 0.6) is 0 Å². The molecule has 0 aromatic heterocycles. The lowest BCUT2D eigenvalue weighted by atomic mass is 10.1. The van der Waals surface area contributed by atoms with Crippen molar-refractivity contribution in [2.24, 2.45) is 5.92 Å². The molecule has 0 saturated heterocycles. The predicted octanol–water partition coefficient (Wildman–Crippen LogP) is 0.845. The highest BCUT2D eigenvalue weighted by Crippen LogP contribution is 2.01. The van der Waals surface area contributed by atoms with Crippen molar-refractivity contribution in [3.63, 3.8) is 0 Å². The Bertz CT molecular complexity index is 181. The predicted molar refractivity (Wildman–Crippen MR) is 48.8 cm³/mol. The summed E-state index contributed by atoms with van der Waals surface area (Å²) < 4.78 is 25.0. The van der Waals surface area contributed by atoms with E-state index in [0.717, 1.165) is 6.42 Å². The average molecular weight is 207 g/mol. The third-order valence-corrected chi connectivity index (χ3v) is 2.24. The van der Waals surface area contributed by atoms with Gasteiger partial charge in [0.05, 0.1) is 13.0 Å².